The molecule has 0 bridgehead atoms. The molecule has 2 aromatic heterocycles. The van der Waals surface area contributed by atoms with Crippen LogP contribution in [0.4, 0.5) is 0 Å². The molecule has 3 heterocycles. The number of aromatic nitrogens is 1. The lowest BCUT2D eigenvalue weighted by Gasteiger charge is -2.40. The summed E-state index contributed by atoms with van der Waals surface area (Å²) in [5, 5.41) is 13.3. The van der Waals surface area contributed by atoms with Crippen LogP contribution in [0.25, 0.3) is 21.9 Å². The smallest absolute Gasteiger partial charge is 0.289 e. The molecule has 1 fully saturated rings. The van der Waals surface area contributed by atoms with Gasteiger partial charge in [0.15, 0.2) is 5.76 Å². The highest BCUT2D eigenvalue weighted by atomic mass is 16.3. The zero-order valence-electron chi connectivity index (χ0n) is 21.6. The number of nitrogens with zero attached hydrogens (tertiary/aromatic N) is 3. The molecule has 2 aromatic carbocycles. The number of carbonyl (C=O) groups is 1. The number of piperidine rings is 1. The molecule has 188 valence electrons. The van der Waals surface area contributed by atoms with Gasteiger partial charge in [-0.3, -0.25) is 9.78 Å². The number of carbonyl (C=O) groups excluding carboxylic acids is 1. The van der Waals surface area contributed by atoms with Crippen LogP contribution in [-0.2, 0) is 12.1 Å². The van der Waals surface area contributed by atoms with E-state index in [4.69, 9.17) is 4.42 Å². The summed E-state index contributed by atoms with van der Waals surface area (Å²) in [6.07, 6.45) is 3.16. The summed E-state index contributed by atoms with van der Waals surface area (Å²) in [4.78, 5) is 21.8. The van der Waals surface area contributed by atoms with Crippen molar-refractivity contribution in [1.82, 2.24) is 14.8 Å². The SMILES string of the molecule is CN(Cc1cccc2cccnc12)C(=O)c1cc2cc(C3(O)CCN(CC(C)(C)C)CC3)ccc2o1. The van der Waals surface area contributed by atoms with Crippen molar-refractivity contribution in [2.24, 2.45) is 5.41 Å². The molecule has 0 spiro atoms. The monoisotopic (exact) mass is 485 g/mol. The molecule has 1 saturated heterocycles. The third-order valence-electron chi connectivity index (χ3n) is 7.12. The Kier molecular flexibility index (Phi) is 6.35. The quantitative estimate of drug-likeness (QED) is 0.399. The summed E-state index contributed by atoms with van der Waals surface area (Å²) in [5.74, 6) is 0.111. The van der Waals surface area contributed by atoms with Gasteiger partial charge in [-0.1, -0.05) is 51.1 Å². The Bertz CT molecular complexity index is 1390. The van der Waals surface area contributed by atoms with Gasteiger partial charge in [-0.2, -0.15) is 0 Å². The standard InChI is InChI=1S/C30H35N3O3/c1-29(2,3)20-33-15-12-30(35,13-16-33)24-10-11-25-23(17-24)18-26(36-25)28(34)32(4)19-22-8-5-7-21-9-6-14-31-27(21)22/h5-11,14,17-18,35H,12-13,15-16,19-20H2,1-4H3. The van der Waals surface area contributed by atoms with Crippen LogP contribution in [0.2, 0.25) is 0 Å². The number of likely N-dealkylation sites (tertiary alicyclic amines) is 1. The number of furan rings is 1. The van der Waals surface area contributed by atoms with Crippen molar-refractivity contribution in [3.63, 3.8) is 0 Å². The topological polar surface area (TPSA) is 69.8 Å². The minimum atomic E-state index is -0.859. The van der Waals surface area contributed by atoms with Gasteiger partial charge in [0.2, 0.25) is 0 Å². The molecule has 1 N–H and O–H groups in total. The molecule has 0 atom stereocenters. The summed E-state index contributed by atoms with van der Waals surface area (Å²) in [7, 11) is 1.77. The average Bonchev–Trinajstić information content (AvgIpc) is 3.28. The third-order valence-corrected chi connectivity index (χ3v) is 7.12. The summed E-state index contributed by atoms with van der Waals surface area (Å²) in [6.45, 7) is 9.93. The number of rotatable bonds is 5. The molecule has 6 heteroatoms. The van der Waals surface area contributed by atoms with E-state index in [0.717, 1.165) is 47.1 Å². The van der Waals surface area contributed by atoms with Gasteiger partial charge in [-0.25, -0.2) is 0 Å². The van der Waals surface area contributed by atoms with Crippen LogP contribution in [-0.4, -0.2) is 52.5 Å². The first-order valence-electron chi connectivity index (χ1n) is 12.7. The van der Waals surface area contributed by atoms with Crippen LogP contribution in [0.1, 0.15) is 55.3 Å². The number of hydrogen-bond donors (Lipinski definition) is 1. The normalized spacial score (nSPS) is 16.5. The highest BCUT2D eigenvalue weighted by Gasteiger charge is 2.35. The second kappa shape index (κ2) is 9.34. The fraction of sp³-hybridized carbons (Fsp3) is 0.400. The number of pyridine rings is 1. The van der Waals surface area contributed by atoms with E-state index in [2.05, 4.69) is 30.7 Å². The Morgan fingerprint density at radius 1 is 1.08 bits per heavy atom. The van der Waals surface area contributed by atoms with Crippen molar-refractivity contribution in [2.75, 3.05) is 26.7 Å². The predicted molar refractivity (Wildman–Crippen MR) is 143 cm³/mol. The lowest BCUT2D eigenvalue weighted by Crippen LogP contribution is -2.45. The molecule has 6 nitrogen and oxygen atoms in total. The van der Waals surface area contributed by atoms with Gasteiger partial charge < -0.3 is 19.3 Å². The molecular weight excluding hydrogens is 450 g/mol. The molecule has 0 aliphatic carbocycles. The summed E-state index contributed by atoms with van der Waals surface area (Å²) in [6, 6.07) is 17.5. The lowest BCUT2D eigenvalue weighted by atomic mass is 9.83. The number of para-hydroxylation sites is 1. The zero-order valence-corrected chi connectivity index (χ0v) is 21.6. The highest BCUT2D eigenvalue weighted by molar-refractivity contribution is 5.96. The van der Waals surface area contributed by atoms with E-state index in [0.29, 0.717) is 30.7 Å². The van der Waals surface area contributed by atoms with E-state index < -0.39 is 5.60 Å². The molecular formula is C30H35N3O3. The van der Waals surface area contributed by atoms with Crippen molar-refractivity contribution in [1.29, 1.82) is 0 Å². The molecule has 1 aliphatic heterocycles. The van der Waals surface area contributed by atoms with Gasteiger partial charge in [0.05, 0.1) is 11.1 Å². The van der Waals surface area contributed by atoms with Crippen LogP contribution in [0.3, 0.4) is 0 Å². The van der Waals surface area contributed by atoms with Crippen LogP contribution in [0.5, 0.6) is 0 Å². The second-order valence-corrected chi connectivity index (χ2v) is 11.4. The van der Waals surface area contributed by atoms with Gasteiger partial charge in [0.1, 0.15) is 5.58 Å². The molecule has 1 aliphatic rings. The van der Waals surface area contributed by atoms with Crippen LogP contribution in [0.15, 0.2) is 65.2 Å². The number of aliphatic hydroxyl groups is 1. The van der Waals surface area contributed by atoms with Crippen LogP contribution >= 0.6 is 0 Å². The summed E-state index contributed by atoms with van der Waals surface area (Å²) < 4.78 is 5.93. The first-order chi connectivity index (χ1) is 17.1. The van der Waals surface area contributed by atoms with Crippen molar-refractivity contribution >= 4 is 27.8 Å². The molecule has 0 radical (unpaired) electrons. The van der Waals surface area contributed by atoms with Gasteiger partial charge in [-0.15, -0.1) is 0 Å². The van der Waals surface area contributed by atoms with E-state index >= 15 is 0 Å². The molecule has 5 rings (SSSR count). The third kappa shape index (κ3) is 5.01. The Labute approximate surface area is 212 Å². The van der Waals surface area contributed by atoms with Crippen molar-refractivity contribution in [2.45, 2.75) is 45.8 Å². The number of hydrogen-bond acceptors (Lipinski definition) is 5. The van der Waals surface area contributed by atoms with Crippen LogP contribution < -0.4 is 0 Å². The van der Waals surface area contributed by atoms with Crippen LogP contribution in [0, 0.1) is 5.41 Å². The van der Waals surface area contributed by atoms with Gasteiger partial charge in [0.25, 0.3) is 5.91 Å². The Morgan fingerprint density at radius 2 is 1.83 bits per heavy atom. The number of fused-ring (bicyclic) bond motifs is 2. The van der Waals surface area contributed by atoms with Crippen molar-refractivity contribution < 1.29 is 14.3 Å². The Hall–Kier alpha value is -3.22. The maximum atomic E-state index is 13.2. The highest BCUT2D eigenvalue weighted by Crippen LogP contribution is 2.36. The minimum Gasteiger partial charge on any atom is -0.451 e. The van der Waals surface area contributed by atoms with Crippen molar-refractivity contribution in [3.8, 4) is 0 Å². The van der Waals surface area contributed by atoms with Gasteiger partial charge in [0, 0.05) is 50.2 Å². The predicted octanol–water partition coefficient (Wildman–Crippen LogP) is 5.58. The largest absolute Gasteiger partial charge is 0.451 e. The van der Waals surface area contributed by atoms with Crippen molar-refractivity contribution in [3.05, 3.63) is 77.7 Å². The number of benzene rings is 2. The van der Waals surface area contributed by atoms with E-state index in [9.17, 15) is 9.90 Å². The summed E-state index contributed by atoms with van der Waals surface area (Å²) in [5.41, 5.74) is 2.81. The minimum absolute atomic E-state index is 0.185. The van der Waals surface area contributed by atoms with E-state index in [1.165, 1.54) is 0 Å². The summed E-state index contributed by atoms with van der Waals surface area (Å²) >= 11 is 0. The van der Waals surface area contributed by atoms with E-state index in [1.54, 1.807) is 24.2 Å². The molecule has 36 heavy (non-hydrogen) atoms. The molecule has 0 saturated carbocycles. The maximum Gasteiger partial charge on any atom is 0.289 e. The first kappa shape index (κ1) is 24.5. The molecule has 1 amide bonds. The Morgan fingerprint density at radius 3 is 2.58 bits per heavy atom. The second-order valence-electron chi connectivity index (χ2n) is 11.4. The van der Waals surface area contributed by atoms with E-state index in [1.807, 2.05) is 48.5 Å². The Balaban J connectivity index is 1.32. The first-order valence-corrected chi connectivity index (χ1v) is 12.7. The van der Waals surface area contributed by atoms with Gasteiger partial charge in [-0.05, 0) is 53.6 Å². The zero-order chi connectivity index (χ0) is 25.5. The number of amides is 1. The van der Waals surface area contributed by atoms with Gasteiger partial charge >= 0.3 is 0 Å². The molecule has 4 aromatic rings. The fourth-order valence-corrected chi connectivity index (χ4v) is 5.29. The maximum absolute atomic E-state index is 13.2. The van der Waals surface area contributed by atoms with E-state index in [-0.39, 0.29) is 11.3 Å². The average molecular weight is 486 g/mol. The lowest BCUT2D eigenvalue weighted by molar-refractivity contribution is -0.0316. The fourth-order valence-electron chi connectivity index (χ4n) is 5.29. The molecule has 0 unspecified atom stereocenters.